The summed E-state index contributed by atoms with van der Waals surface area (Å²) in [4.78, 5) is 27.6. The zero-order valence-electron chi connectivity index (χ0n) is 16.1. The number of piperidine rings is 1. The number of hydrogen-bond acceptors (Lipinski definition) is 3. The Morgan fingerprint density at radius 2 is 1.74 bits per heavy atom. The second-order valence-corrected chi connectivity index (χ2v) is 7.82. The number of amides is 2. The summed E-state index contributed by atoms with van der Waals surface area (Å²) in [5.74, 6) is 0.381. The van der Waals surface area contributed by atoms with Gasteiger partial charge in [-0.3, -0.25) is 9.59 Å². The Labute approximate surface area is 161 Å². The molecule has 2 aliphatic rings. The Kier molecular flexibility index (Phi) is 6.49. The third-order valence-electron chi connectivity index (χ3n) is 6.11. The minimum Gasteiger partial charge on any atom is -0.339 e. The van der Waals surface area contributed by atoms with E-state index in [1.165, 1.54) is 6.42 Å². The van der Waals surface area contributed by atoms with E-state index in [9.17, 15) is 9.59 Å². The minimum absolute atomic E-state index is 0.0232. The van der Waals surface area contributed by atoms with Gasteiger partial charge in [-0.2, -0.15) is 5.26 Å². The van der Waals surface area contributed by atoms with E-state index >= 15 is 0 Å². The number of rotatable bonds is 4. The van der Waals surface area contributed by atoms with Crippen molar-refractivity contribution in [3.63, 3.8) is 0 Å². The molecular weight excluding hydrogens is 338 g/mol. The van der Waals surface area contributed by atoms with Crippen LogP contribution in [0.4, 0.5) is 5.69 Å². The predicted molar refractivity (Wildman–Crippen MR) is 105 cm³/mol. The third-order valence-corrected chi connectivity index (χ3v) is 6.11. The van der Waals surface area contributed by atoms with Crippen LogP contribution in [0.3, 0.4) is 0 Å². The Bertz CT molecular complexity index is 699. The van der Waals surface area contributed by atoms with Crippen molar-refractivity contribution in [3.05, 3.63) is 29.8 Å². The molecule has 0 bridgehead atoms. The predicted octanol–water partition coefficient (Wildman–Crippen LogP) is 4.09. The lowest BCUT2D eigenvalue weighted by atomic mass is 9.80. The largest absolute Gasteiger partial charge is 0.339 e. The third kappa shape index (κ3) is 4.68. The molecule has 2 amide bonds. The van der Waals surface area contributed by atoms with Crippen molar-refractivity contribution < 1.29 is 9.59 Å². The van der Waals surface area contributed by atoms with Crippen LogP contribution < -0.4 is 5.32 Å². The molecule has 1 aromatic rings. The standard InChI is InChI=1S/C22H29N3O2/c1-2-20-5-3-4-14-25(20)22(27)18-10-8-17(9-11-18)21(26)24-19-12-6-16(15-23)7-13-19/h6-7,12-13,17-18,20H,2-5,8-11,14H2,1H3,(H,24,26). The second kappa shape index (κ2) is 9.03. The second-order valence-electron chi connectivity index (χ2n) is 7.82. The number of nitrogens with zero attached hydrogens (tertiary/aromatic N) is 2. The quantitative estimate of drug-likeness (QED) is 0.871. The fraction of sp³-hybridized carbons (Fsp3) is 0.591. The van der Waals surface area contributed by atoms with Gasteiger partial charge in [0.05, 0.1) is 11.6 Å². The normalized spacial score (nSPS) is 25.5. The Morgan fingerprint density at radius 1 is 1.07 bits per heavy atom. The van der Waals surface area contributed by atoms with Crippen LogP contribution in [0.1, 0.15) is 63.9 Å². The molecule has 1 N–H and O–H groups in total. The van der Waals surface area contributed by atoms with Gasteiger partial charge in [0.1, 0.15) is 0 Å². The van der Waals surface area contributed by atoms with Crippen molar-refractivity contribution in [1.29, 1.82) is 5.26 Å². The summed E-state index contributed by atoms with van der Waals surface area (Å²) >= 11 is 0. The van der Waals surface area contributed by atoms with Crippen LogP contribution in [0.5, 0.6) is 0 Å². The number of carbonyl (C=O) groups excluding carboxylic acids is 2. The highest BCUT2D eigenvalue weighted by Gasteiger charge is 2.34. The van der Waals surface area contributed by atoms with Gasteiger partial charge >= 0.3 is 0 Å². The molecule has 1 aliphatic heterocycles. The molecule has 1 saturated heterocycles. The number of carbonyl (C=O) groups is 2. The molecule has 1 saturated carbocycles. The van der Waals surface area contributed by atoms with Crippen LogP contribution in [0.15, 0.2) is 24.3 Å². The molecule has 0 aromatic heterocycles. The Hall–Kier alpha value is -2.35. The van der Waals surface area contributed by atoms with E-state index in [-0.39, 0.29) is 17.7 Å². The molecular formula is C22H29N3O2. The van der Waals surface area contributed by atoms with Crippen LogP contribution in [0.25, 0.3) is 0 Å². The summed E-state index contributed by atoms with van der Waals surface area (Å²) in [6, 6.07) is 9.40. The zero-order valence-corrected chi connectivity index (χ0v) is 16.1. The van der Waals surface area contributed by atoms with E-state index in [1.807, 2.05) is 0 Å². The lowest BCUT2D eigenvalue weighted by molar-refractivity contribution is -0.141. The molecule has 5 heteroatoms. The fourth-order valence-corrected chi connectivity index (χ4v) is 4.42. The highest BCUT2D eigenvalue weighted by atomic mass is 16.2. The molecule has 2 fully saturated rings. The van der Waals surface area contributed by atoms with Crippen molar-refractivity contribution in [2.24, 2.45) is 11.8 Å². The highest BCUT2D eigenvalue weighted by molar-refractivity contribution is 5.92. The van der Waals surface area contributed by atoms with E-state index < -0.39 is 0 Å². The lowest BCUT2D eigenvalue weighted by Crippen LogP contribution is -2.47. The van der Waals surface area contributed by atoms with Crippen LogP contribution in [0, 0.1) is 23.2 Å². The van der Waals surface area contributed by atoms with Gasteiger partial charge in [-0.1, -0.05) is 6.92 Å². The monoisotopic (exact) mass is 367 g/mol. The van der Waals surface area contributed by atoms with Crippen LogP contribution in [0.2, 0.25) is 0 Å². The van der Waals surface area contributed by atoms with Crippen molar-refractivity contribution in [1.82, 2.24) is 4.90 Å². The van der Waals surface area contributed by atoms with Crippen molar-refractivity contribution in [2.75, 3.05) is 11.9 Å². The summed E-state index contributed by atoms with van der Waals surface area (Å²) in [6.45, 7) is 3.07. The molecule has 1 aliphatic carbocycles. The molecule has 1 unspecified atom stereocenters. The van der Waals surface area contributed by atoms with Gasteiger partial charge < -0.3 is 10.2 Å². The van der Waals surface area contributed by atoms with Crippen LogP contribution in [-0.4, -0.2) is 29.3 Å². The number of hydrogen-bond donors (Lipinski definition) is 1. The van der Waals surface area contributed by atoms with E-state index in [2.05, 4.69) is 23.2 Å². The summed E-state index contributed by atoms with van der Waals surface area (Å²) < 4.78 is 0. The fourth-order valence-electron chi connectivity index (χ4n) is 4.42. The number of likely N-dealkylation sites (tertiary alicyclic amines) is 1. The van der Waals surface area contributed by atoms with E-state index in [0.29, 0.717) is 17.5 Å². The molecule has 144 valence electrons. The molecule has 1 aromatic carbocycles. The van der Waals surface area contributed by atoms with Gasteiger partial charge in [0, 0.05) is 30.1 Å². The maximum absolute atomic E-state index is 12.9. The van der Waals surface area contributed by atoms with Crippen molar-refractivity contribution in [2.45, 2.75) is 64.3 Å². The molecule has 1 atom stereocenters. The number of nitrogens with one attached hydrogen (secondary N) is 1. The maximum Gasteiger partial charge on any atom is 0.227 e. The first-order valence-electron chi connectivity index (χ1n) is 10.2. The van der Waals surface area contributed by atoms with Crippen molar-refractivity contribution >= 4 is 17.5 Å². The molecule has 27 heavy (non-hydrogen) atoms. The molecule has 5 nitrogen and oxygen atoms in total. The van der Waals surface area contributed by atoms with E-state index in [1.54, 1.807) is 24.3 Å². The lowest BCUT2D eigenvalue weighted by Gasteiger charge is -2.39. The first kappa shape index (κ1) is 19.4. The highest BCUT2D eigenvalue weighted by Crippen LogP contribution is 2.33. The Morgan fingerprint density at radius 3 is 2.37 bits per heavy atom. The van der Waals surface area contributed by atoms with Crippen molar-refractivity contribution in [3.8, 4) is 6.07 Å². The van der Waals surface area contributed by atoms with Gasteiger partial charge in [0.25, 0.3) is 0 Å². The number of benzene rings is 1. The molecule has 0 spiro atoms. The summed E-state index contributed by atoms with van der Waals surface area (Å²) in [7, 11) is 0. The average molecular weight is 367 g/mol. The number of anilines is 1. The van der Waals surface area contributed by atoms with E-state index in [0.717, 1.165) is 57.2 Å². The smallest absolute Gasteiger partial charge is 0.227 e. The summed E-state index contributed by atoms with van der Waals surface area (Å²) in [6.07, 6.45) is 7.65. The van der Waals surface area contributed by atoms with Crippen LogP contribution >= 0.6 is 0 Å². The van der Waals surface area contributed by atoms with Crippen LogP contribution in [-0.2, 0) is 9.59 Å². The first-order chi connectivity index (χ1) is 13.1. The molecule has 0 radical (unpaired) electrons. The Balaban J connectivity index is 1.51. The van der Waals surface area contributed by atoms with Gasteiger partial charge in [-0.25, -0.2) is 0 Å². The van der Waals surface area contributed by atoms with Gasteiger partial charge in [-0.15, -0.1) is 0 Å². The SMILES string of the molecule is CCC1CCCCN1C(=O)C1CCC(C(=O)Nc2ccc(C#N)cc2)CC1. The van der Waals surface area contributed by atoms with Gasteiger partial charge in [0.2, 0.25) is 11.8 Å². The summed E-state index contributed by atoms with van der Waals surface area (Å²) in [5.41, 5.74) is 1.30. The minimum atomic E-state index is -0.0342. The van der Waals surface area contributed by atoms with Gasteiger partial charge in [-0.05, 0) is 75.6 Å². The molecule has 3 rings (SSSR count). The summed E-state index contributed by atoms with van der Waals surface area (Å²) in [5, 5.41) is 11.8. The average Bonchev–Trinajstić information content (AvgIpc) is 2.73. The first-order valence-corrected chi connectivity index (χ1v) is 10.2. The topological polar surface area (TPSA) is 73.2 Å². The zero-order chi connectivity index (χ0) is 19.2. The van der Waals surface area contributed by atoms with E-state index in [4.69, 9.17) is 5.26 Å². The van der Waals surface area contributed by atoms with Gasteiger partial charge in [0.15, 0.2) is 0 Å². The number of nitriles is 1. The maximum atomic E-state index is 12.9. The molecule has 1 heterocycles.